The highest BCUT2D eigenvalue weighted by Gasteiger charge is 2.11. The summed E-state index contributed by atoms with van der Waals surface area (Å²) >= 11 is 0. The molecule has 0 N–H and O–H groups in total. The Morgan fingerprint density at radius 1 is 1.21 bits per heavy atom. The number of nitrogens with zero attached hydrogens (tertiary/aromatic N) is 1. The second-order valence-electron chi connectivity index (χ2n) is 3.79. The van der Waals surface area contributed by atoms with Gasteiger partial charge < -0.3 is 9.32 Å². The average molecular weight is 193 g/mol. The summed E-state index contributed by atoms with van der Waals surface area (Å²) in [6.07, 6.45) is 3.75. The minimum Gasteiger partial charge on any atom is -0.428 e. The third-order valence-electron chi connectivity index (χ3n) is 2.60. The molecule has 0 amide bonds. The number of rotatable bonds is 1. The van der Waals surface area contributed by atoms with Crippen LogP contribution in [0.5, 0.6) is 0 Å². The molecule has 1 aromatic heterocycles. The Morgan fingerprint density at radius 2 is 1.93 bits per heavy atom. The third kappa shape index (κ3) is 1.97. The van der Waals surface area contributed by atoms with E-state index in [-0.39, 0.29) is 5.63 Å². The van der Waals surface area contributed by atoms with E-state index in [2.05, 4.69) is 4.90 Å². The summed E-state index contributed by atoms with van der Waals surface area (Å²) in [4.78, 5) is 13.4. The molecule has 1 saturated heterocycles. The maximum atomic E-state index is 11.2. The van der Waals surface area contributed by atoms with E-state index < -0.39 is 0 Å². The number of anilines is 1. The lowest BCUT2D eigenvalue weighted by atomic mass is 10.1. The Kier molecular flexibility index (Phi) is 2.57. The molecule has 14 heavy (non-hydrogen) atoms. The highest BCUT2D eigenvalue weighted by Crippen LogP contribution is 2.18. The lowest BCUT2D eigenvalue weighted by Crippen LogP contribution is -2.30. The molecule has 0 radical (unpaired) electrons. The summed E-state index contributed by atoms with van der Waals surface area (Å²) in [5.74, 6) is 0.693. The normalized spacial score (nSPS) is 17.1. The molecule has 0 saturated carbocycles. The van der Waals surface area contributed by atoms with Crippen LogP contribution in [0.4, 0.5) is 5.69 Å². The fourth-order valence-corrected chi connectivity index (χ4v) is 1.92. The second kappa shape index (κ2) is 3.86. The summed E-state index contributed by atoms with van der Waals surface area (Å²) in [7, 11) is 0. The first-order valence-corrected chi connectivity index (χ1v) is 5.12. The Morgan fingerprint density at radius 3 is 2.57 bits per heavy atom. The Balaban J connectivity index is 2.26. The van der Waals surface area contributed by atoms with Crippen molar-refractivity contribution in [2.24, 2.45) is 0 Å². The van der Waals surface area contributed by atoms with Crippen molar-refractivity contribution >= 4 is 5.69 Å². The summed E-state index contributed by atoms with van der Waals surface area (Å²) < 4.78 is 4.93. The lowest BCUT2D eigenvalue weighted by molar-refractivity contribution is 0.478. The summed E-state index contributed by atoms with van der Waals surface area (Å²) in [5, 5.41) is 0. The first-order chi connectivity index (χ1) is 6.75. The third-order valence-corrected chi connectivity index (χ3v) is 2.60. The van der Waals surface area contributed by atoms with Crippen LogP contribution in [-0.4, -0.2) is 13.1 Å². The Hall–Kier alpha value is -1.25. The molecule has 1 aliphatic heterocycles. The molecule has 3 heteroatoms. The minimum atomic E-state index is -0.245. The van der Waals surface area contributed by atoms with E-state index in [0.29, 0.717) is 5.76 Å². The largest absolute Gasteiger partial charge is 0.428 e. The average Bonchev–Trinajstić information content (AvgIpc) is 2.18. The summed E-state index contributed by atoms with van der Waals surface area (Å²) in [6, 6.07) is 3.52. The molecule has 0 spiro atoms. The van der Waals surface area contributed by atoms with Gasteiger partial charge in [0.1, 0.15) is 5.76 Å². The maximum absolute atomic E-state index is 11.2. The second-order valence-corrected chi connectivity index (χ2v) is 3.79. The predicted octanol–water partition coefficient (Wildman–Crippen LogP) is 1.94. The first-order valence-electron chi connectivity index (χ1n) is 5.12. The van der Waals surface area contributed by atoms with Crippen LogP contribution in [-0.2, 0) is 0 Å². The van der Waals surface area contributed by atoms with Gasteiger partial charge in [-0.25, -0.2) is 4.79 Å². The highest BCUT2D eigenvalue weighted by atomic mass is 16.4. The van der Waals surface area contributed by atoms with Gasteiger partial charge in [-0.15, -0.1) is 0 Å². The van der Waals surface area contributed by atoms with Gasteiger partial charge in [0.2, 0.25) is 0 Å². The molecule has 0 aromatic carbocycles. The van der Waals surface area contributed by atoms with Gasteiger partial charge in [0.15, 0.2) is 0 Å². The van der Waals surface area contributed by atoms with Crippen molar-refractivity contribution in [3.8, 4) is 0 Å². The first kappa shape index (κ1) is 9.31. The molecule has 2 rings (SSSR count). The Bertz CT molecular complexity index is 364. The van der Waals surface area contributed by atoms with E-state index in [4.69, 9.17) is 4.42 Å². The Labute approximate surface area is 83.3 Å². The molecule has 2 heterocycles. The van der Waals surface area contributed by atoms with Crippen LogP contribution in [0.2, 0.25) is 0 Å². The summed E-state index contributed by atoms with van der Waals surface area (Å²) in [5.41, 5.74) is 0.768. The van der Waals surface area contributed by atoms with Crippen molar-refractivity contribution in [3.63, 3.8) is 0 Å². The van der Waals surface area contributed by atoms with Crippen LogP contribution in [0.3, 0.4) is 0 Å². The summed E-state index contributed by atoms with van der Waals surface area (Å²) in [6.45, 7) is 3.93. The van der Waals surface area contributed by atoms with Gasteiger partial charge in [0.05, 0.1) is 0 Å². The van der Waals surface area contributed by atoms with Crippen molar-refractivity contribution in [1.82, 2.24) is 0 Å². The molecular formula is C11H15NO2. The molecule has 1 fully saturated rings. The van der Waals surface area contributed by atoms with Gasteiger partial charge in [0, 0.05) is 24.8 Å². The van der Waals surface area contributed by atoms with E-state index in [1.165, 1.54) is 19.3 Å². The maximum Gasteiger partial charge on any atom is 0.337 e. The number of piperidine rings is 1. The van der Waals surface area contributed by atoms with Gasteiger partial charge >= 0.3 is 5.63 Å². The number of hydrogen-bond donors (Lipinski definition) is 0. The van der Waals surface area contributed by atoms with Crippen molar-refractivity contribution in [3.05, 3.63) is 28.3 Å². The smallest absolute Gasteiger partial charge is 0.337 e. The van der Waals surface area contributed by atoms with Gasteiger partial charge in [-0.05, 0) is 32.3 Å². The van der Waals surface area contributed by atoms with E-state index in [1.54, 1.807) is 6.07 Å². The van der Waals surface area contributed by atoms with Gasteiger partial charge in [-0.1, -0.05) is 0 Å². The van der Waals surface area contributed by atoms with E-state index in [9.17, 15) is 4.79 Å². The quantitative estimate of drug-likeness (QED) is 0.683. The van der Waals surface area contributed by atoms with Crippen molar-refractivity contribution in [2.75, 3.05) is 18.0 Å². The predicted molar refractivity (Wildman–Crippen MR) is 55.8 cm³/mol. The highest BCUT2D eigenvalue weighted by molar-refractivity contribution is 5.45. The van der Waals surface area contributed by atoms with Gasteiger partial charge in [-0.2, -0.15) is 0 Å². The van der Waals surface area contributed by atoms with E-state index >= 15 is 0 Å². The minimum absolute atomic E-state index is 0.245. The molecule has 1 aromatic rings. The van der Waals surface area contributed by atoms with Crippen LogP contribution in [0.1, 0.15) is 25.0 Å². The molecule has 0 atom stereocenters. The number of hydrogen-bond acceptors (Lipinski definition) is 3. The van der Waals surface area contributed by atoms with Crippen LogP contribution in [0, 0.1) is 6.92 Å². The zero-order valence-electron chi connectivity index (χ0n) is 8.45. The zero-order valence-corrected chi connectivity index (χ0v) is 8.45. The monoisotopic (exact) mass is 193 g/mol. The van der Waals surface area contributed by atoms with Crippen LogP contribution < -0.4 is 10.5 Å². The van der Waals surface area contributed by atoms with Crippen molar-refractivity contribution in [2.45, 2.75) is 26.2 Å². The van der Waals surface area contributed by atoms with Gasteiger partial charge in [-0.3, -0.25) is 0 Å². The van der Waals surface area contributed by atoms with Crippen LogP contribution in [0.15, 0.2) is 21.3 Å². The van der Waals surface area contributed by atoms with Crippen molar-refractivity contribution in [1.29, 1.82) is 0 Å². The molecule has 76 valence electrons. The van der Waals surface area contributed by atoms with Gasteiger partial charge in [0.25, 0.3) is 0 Å². The molecule has 0 unspecified atom stereocenters. The number of aryl methyl sites for hydroxylation is 1. The molecular weight excluding hydrogens is 178 g/mol. The fourth-order valence-electron chi connectivity index (χ4n) is 1.92. The van der Waals surface area contributed by atoms with Crippen LogP contribution in [0.25, 0.3) is 0 Å². The lowest BCUT2D eigenvalue weighted by Gasteiger charge is -2.28. The molecule has 0 aliphatic carbocycles. The standard InChI is InChI=1S/C11H15NO2/c1-9-7-10(8-11(13)14-9)12-5-3-2-4-6-12/h7-8H,2-6H2,1H3. The van der Waals surface area contributed by atoms with E-state index in [0.717, 1.165) is 18.8 Å². The molecule has 1 aliphatic rings. The molecule has 3 nitrogen and oxygen atoms in total. The fraction of sp³-hybridized carbons (Fsp3) is 0.545. The zero-order chi connectivity index (χ0) is 9.97. The van der Waals surface area contributed by atoms with Crippen molar-refractivity contribution < 1.29 is 4.42 Å². The topological polar surface area (TPSA) is 33.5 Å². The SMILES string of the molecule is Cc1cc(N2CCCCC2)cc(=O)o1. The van der Waals surface area contributed by atoms with E-state index in [1.807, 2.05) is 13.0 Å². The van der Waals surface area contributed by atoms with Crippen LogP contribution >= 0.6 is 0 Å². The molecule has 0 bridgehead atoms.